The van der Waals surface area contributed by atoms with Crippen LogP contribution in [0.25, 0.3) is 0 Å². The first-order valence-corrected chi connectivity index (χ1v) is 11.7. The number of carbonyl (C=O) groups is 2. The maximum atomic E-state index is 15.2. The molecule has 2 fully saturated rings. The Morgan fingerprint density at radius 3 is 2.62 bits per heavy atom. The molecule has 9 nitrogen and oxygen atoms in total. The molecule has 32 heavy (non-hydrogen) atoms. The van der Waals surface area contributed by atoms with Gasteiger partial charge in [-0.2, -0.15) is 4.98 Å². The van der Waals surface area contributed by atoms with Crippen molar-refractivity contribution in [1.29, 1.82) is 0 Å². The Bertz CT molecular complexity index is 787. The highest BCUT2D eigenvalue weighted by atomic mass is 35.5. The van der Waals surface area contributed by atoms with Gasteiger partial charge in [-0.1, -0.05) is 32.6 Å². The molecule has 11 heteroatoms. The van der Waals surface area contributed by atoms with Gasteiger partial charge in [-0.15, -0.1) is 0 Å². The molecule has 3 rings (SSSR count). The number of hydroxylamine groups is 2. The molecule has 0 radical (unpaired) electrons. The van der Waals surface area contributed by atoms with Crippen LogP contribution in [0.4, 0.5) is 10.2 Å². The van der Waals surface area contributed by atoms with Crippen LogP contribution in [0.5, 0.6) is 0 Å². The minimum atomic E-state index is -0.594. The molecule has 2 heterocycles. The number of nitrogens with one attached hydrogen (secondary N) is 1. The van der Waals surface area contributed by atoms with E-state index in [4.69, 9.17) is 11.6 Å². The second kappa shape index (κ2) is 11.7. The SMILES string of the molecule is CCN1CCN(c2nc(Cl)nc(CNC(=O)[C@H](CC3CCCC3)CN(O)C=O)c2F)CC1. The lowest BCUT2D eigenvalue weighted by molar-refractivity contribution is -0.155. The zero-order valence-corrected chi connectivity index (χ0v) is 19.2. The molecule has 1 aromatic rings. The summed E-state index contributed by atoms with van der Waals surface area (Å²) < 4.78 is 15.2. The van der Waals surface area contributed by atoms with Gasteiger partial charge in [0.1, 0.15) is 5.69 Å². The van der Waals surface area contributed by atoms with Crippen molar-refractivity contribution in [2.24, 2.45) is 11.8 Å². The van der Waals surface area contributed by atoms with Crippen LogP contribution >= 0.6 is 11.6 Å². The van der Waals surface area contributed by atoms with Crippen LogP contribution in [0.15, 0.2) is 0 Å². The van der Waals surface area contributed by atoms with Crippen molar-refractivity contribution in [3.05, 3.63) is 16.8 Å². The normalized spacial score (nSPS) is 18.6. The summed E-state index contributed by atoms with van der Waals surface area (Å²) in [5, 5.41) is 12.7. The summed E-state index contributed by atoms with van der Waals surface area (Å²) in [6.07, 6.45) is 5.15. The van der Waals surface area contributed by atoms with Gasteiger partial charge in [0.2, 0.25) is 17.6 Å². The van der Waals surface area contributed by atoms with Crippen LogP contribution in [0, 0.1) is 17.7 Å². The summed E-state index contributed by atoms with van der Waals surface area (Å²) in [7, 11) is 0. The van der Waals surface area contributed by atoms with Gasteiger partial charge in [0, 0.05) is 26.2 Å². The maximum Gasteiger partial charge on any atom is 0.233 e. The molecule has 0 bridgehead atoms. The highest BCUT2D eigenvalue weighted by molar-refractivity contribution is 6.28. The lowest BCUT2D eigenvalue weighted by Gasteiger charge is -2.35. The predicted molar refractivity (Wildman–Crippen MR) is 118 cm³/mol. The van der Waals surface area contributed by atoms with Gasteiger partial charge in [0.15, 0.2) is 11.6 Å². The number of hydrogen-bond acceptors (Lipinski definition) is 7. The van der Waals surface area contributed by atoms with E-state index in [0.29, 0.717) is 30.5 Å². The van der Waals surface area contributed by atoms with E-state index in [0.717, 1.165) is 45.3 Å². The van der Waals surface area contributed by atoms with Crippen molar-refractivity contribution >= 4 is 29.7 Å². The van der Waals surface area contributed by atoms with Crippen molar-refractivity contribution in [2.75, 3.05) is 44.2 Å². The standard InChI is InChI=1S/C21H32ClFN6O3/c1-2-27-7-9-28(10-8-27)19-18(23)17(25-21(22)26-19)12-24-20(31)16(13-29(32)14-30)11-15-5-3-4-6-15/h14-16,32H,2-13H2,1H3,(H,24,31)/t16-/m1/s1. The Kier molecular flexibility index (Phi) is 9.01. The molecular weight excluding hydrogens is 439 g/mol. The van der Waals surface area contributed by atoms with Gasteiger partial charge < -0.3 is 15.1 Å². The summed E-state index contributed by atoms with van der Waals surface area (Å²) in [5.41, 5.74) is 0.0159. The van der Waals surface area contributed by atoms with Gasteiger partial charge >= 0.3 is 0 Å². The monoisotopic (exact) mass is 470 g/mol. The van der Waals surface area contributed by atoms with E-state index < -0.39 is 11.7 Å². The van der Waals surface area contributed by atoms with Crippen molar-refractivity contribution in [3.63, 3.8) is 0 Å². The first-order chi connectivity index (χ1) is 15.4. The molecule has 1 saturated carbocycles. The third kappa shape index (κ3) is 6.49. The van der Waals surface area contributed by atoms with Crippen LogP contribution < -0.4 is 10.2 Å². The summed E-state index contributed by atoms with van der Waals surface area (Å²) in [5.74, 6) is -1.01. The Morgan fingerprint density at radius 1 is 1.31 bits per heavy atom. The predicted octanol–water partition coefficient (Wildman–Crippen LogP) is 2.07. The van der Waals surface area contributed by atoms with Crippen LogP contribution in [0.1, 0.15) is 44.7 Å². The first kappa shape index (κ1) is 24.6. The molecule has 2 aliphatic rings. The fourth-order valence-corrected chi connectivity index (χ4v) is 4.73. The van der Waals surface area contributed by atoms with Crippen LogP contribution in [-0.2, 0) is 16.1 Å². The Labute approximate surface area is 192 Å². The van der Waals surface area contributed by atoms with E-state index in [1.54, 1.807) is 0 Å². The zero-order valence-electron chi connectivity index (χ0n) is 18.5. The molecule has 0 unspecified atom stereocenters. The number of carbonyl (C=O) groups excluding carboxylic acids is 2. The quantitative estimate of drug-likeness (QED) is 0.233. The van der Waals surface area contributed by atoms with E-state index in [1.807, 2.05) is 4.90 Å². The molecule has 1 aliphatic carbocycles. The number of hydrogen-bond donors (Lipinski definition) is 2. The maximum absolute atomic E-state index is 15.2. The van der Waals surface area contributed by atoms with Crippen molar-refractivity contribution in [1.82, 2.24) is 25.2 Å². The lowest BCUT2D eigenvalue weighted by Crippen LogP contribution is -2.47. The number of halogens is 2. The summed E-state index contributed by atoms with van der Waals surface area (Å²) in [4.78, 5) is 35.9. The number of likely N-dealkylation sites (N-methyl/N-ethyl adjacent to an activating group) is 1. The van der Waals surface area contributed by atoms with E-state index in [2.05, 4.69) is 27.1 Å². The Morgan fingerprint density at radius 2 is 2.00 bits per heavy atom. The molecular formula is C21H32ClFN6O3. The number of aromatic nitrogens is 2. The molecule has 178 valence electrons. The minimum absolute atomic E-state index is 0.0159. The van der Waals surface area contributed by atoms with Gasteiger partial charge in [0.05, 0.1) is 19.0 Å². The van der Waals surface area contributed by atoms with Crippen molar-refractivity contribution in [2.45, 2.75) is 45.6 Å². The summed E-state index contributed by atoms with van der Waals surface area (Å²) in [6.45, 7) is 5.64. The summed E-state index contributed by atoms with van der Waals surface area (Å²) >= 11 is 6.06. The van der Waals surface area contributed by atoms with E-state index in [9.17, 15) is 14.8 Å². The van der Waals surface area contributed by atoms with Crippen LogP contribution in [0.3, 0.4) is 0 Å². The molecule has 0 spiro atoms. The van der Waals surface area contributed by atoms with Crippen LogP contribution in [-0.4, -0.2) is 76.7 Å². The Hall–Kier alpha value is -2.04. The zero-order chi connectivity index (χ0) is 23.1. The van der Waals surface area contributed by atoms with E-state index in [-0.39, 0.29) is 42.2 Å². The molecule has 1 aliphatic heterocycles. The molecule has 1 aromatic heterocycles. The first-order valence-electron chi connectivity index (χ1n) is 11.3. The van der Waals surface area contributed by atoms with Gasteiger partial charge in [-0.3, -0.25) is 14.8 Å². The number of anilines is 1. The topological polar surface area (TPSA) is 102 Å². The second-order valence-corrected chi connectivity index (χ2v) is 8.86. The van der Waals surface area contributed by atoms with E-state index >= 15 is 4.39 Å². The largest absolute Gasteiger partial charge is 0.351 e. The number of rotatable bonds is 10. The average molecular weight is 471 g/mol. The molecule has 1 saturated heterocycles. The molecule has 2 amide bonds. The highest BCUT2D eigenvalue weighted by Crippen LogP contribution is 2.31. The molecule has 1 atom stereocenters. The second-order valence-electron chi connectivity index (χ2n) is 8.53. The fraction of sp³-hybridized carbons (Fsp3) is 0.714. The van der Waals surface area contributed by atoms with Gasteiger partial charge in [-0.25, -0.2) is 14.4 Å². The fourth-order valence-electron chi connectivity index (χ4n) is 4.55. The average Bonchev–Trinajstić information content (AvgIpc) is 3.31. The third-order valence-corrected chi connectivity index (χ3v) is 6.59. The highest BCUT2D eigenvalue weighted by Gasteiger charge is 2.28. The Balaban J connectivity index is 1.66. The number of amides is 2. The van der Waals surface area contributed by atoms with Crippen LogP contribution in [0.2, 0.25) is 5.28 Å². The summed E-state index contributed by atoms with van der Waals surface area (Å²) in [6, 6.07) is 0. The van der Waals surface area contributed by atoms with Crippen molar-refractivity contribution < 1.29 is 19.2 Å². The van der Waals surface area contributed by atoms with Gasteiger partial charge in [0.25, 0.3) is 0 Å². The number of piperazine rings is 1. The number of nitrogens with zero attached hydrogens (tertiary/aromatic N) is 5. The van der Waals surface area contributed by atoms with Crippen molar-refractivity contribution in [3.8, 4) is 0 Å². The van der Waals surface area contributed by atoms with E-state index in [1.165, 1.54) is 0 Å². The van der Waals surface area contributed by atoms with Gasteiger partial charge in [-0.05, 0) is 30.5 Å². The lowest BCUT2D eigenvalue weighted by atomic mass is 9.92. The minimum Gasteiger partial charge on any atom is -0.351 e. The smallest absolute Gasteiger partial charge is 0.233 e. The third-order valence-electron chi connectivity index (χ3n) is 6.42. The molecule has 0 aromatic carbocycles. The molecule has 2 N–H and O–H groups in total.